The summed E-state index contributed by atoms with van der Waals surface area (Å²) in [6, 6.07) is 8.40. The first-order valence-corrected chi connectivity index (χ1v) is 9.72. The molecule has 0 spiro atoms. The van der Waals surface area contributed by atoms with Gasteiger partial charge in [0, 0.05) is 0 Å². The Balaban J connectivity index is 0.00000338. The Labute approximate surface area is 164 Å². The summed E-state index contributed by atoms with van der Waals surface area (Å²) in [5.74, 6) is 1.59. The number of nitrogens with zero attached hydrogens (tertiary/aromatic N) is 1. The van der Waals surface area contributed by atoms with Crippen LogP contribution in [0.25, 0.3) is 0 Å². The maximum Gasteiger partial charge on any atom is 0.309 e. The van der Waals surface area contributed by atoms with Gasteiger partial charge in [-0.25, -0.2) is 0 Å². The number of unbranched alkanes of at least 4 members (excludes halogenated alkanes) is 1. The minimum absolute atomic E-state index is 0. The van der Waals surface area contributed by atoms with Gasteiger partial charge in [-0.15, -0.1) is 12.4 Å². The summed E-state index contributed by atoms with van der Waals surface area (Å²) in [6.07, 6.45) is 4.05. The molecule has 0 bridgehead atoms. The first-order valence-electron chi connectivity index (χ1n) is 9.72. The molecule has 1 aromatic carbocycles. The van der Waals surface area contributed by atoms with Gasteiger partial charge < -0.3 is 14.4 Å². The number of rotatable bonds is 9. The third-order valence-corrected chi connectivity index (χ3v) is 4.87. The van der Waals surface area contributed by atoms with Crippen molar-refractivity contribution in [2.24, 2.45) is 5.92 Å². The highest BCUT2D eigenvalue weighted by Gasteiger charge is 2.25. The van der Waals surface area contributed by atoms with Crippen LogP contribution in [0, 0.1) is 5.92 Å². The number of esters is 1. The van der Waals surface area contributed by atoms with Crippen molar-refractivity contribution >= 4 is 18.4 Å². The lowest BCUT2D eigenvalue weighted by molar-refractivity contribution is -0.149. The molecule has 1 aromatic rings. The minimum atomic E-state index is -0.0146. The first-order chi connectivity index (χ1) is 12.1. The fourth-order valence-corrected chi connectivity index (χ4v) is 3.24. The van der Waals surface area contributed by atoms with Crippen molar-refractivity contribution in [3.05, 3.63) is 29.8 Å². The number of carbonyl (C=O) groups excluding carboxylic acids is 1. The number of hydrogen-bond donors (Lipinski definition) is 0. The van der Waals surface area contributed by atoms with E-state index in [9.17, 15) is 4.79 Å². The predicted molar refractivity (Wildman–Crippen MR) is 108 cm³/mol. The van der Waals surface area contributed by atoms with Gasteiger partial charge in [0.1, 0.15) is 5.75 Å². The van der Waals surface area contributed by atoms with Crippen LogP contribution in [0.3, 0.4) is 0 Å². The van der Waals surface area contributed by atoms with Crippen molar-refractivity contribution in [2.45, 2.75) is 52.4 Å². The van der Waals surface area contributed by atoms with Crippen LogP contribution < -0.4 is 4.74 Å². The van der Waals surface area contributed by atoms with E-state index in [0.717, 1.165) is 57.7 Å². The van der Waals surface area contributed by atoms with Crippen molar-refractivity contribution in [3.8, 4) is 5.75 Å². The minimum Gasteiger partial charge on any atom is -0.494 e. The summed E-state index contributed by atoms with van der Waals surface area (Å²) in [5.41, 5.74) is 1.32. The van der Waals surface area contributed by atoms with Gasteiger partial charge in [-0.1, -0.05) is 26.0 Å². The van der Waals surface area contributed by atoms with Crippen LogP contribution in [-0.2, 0) is 9.53 Å². The van der Waals surface area contributed by atoms with Crippen molar-refractivity contribution in [1.29, 1.82) is 0 Å². The highest BCUT2D eigenvalue weighted by atomic mass is 35.5. The van der Waals surface area contributed by atoms with Crippen LogP contribution in [0.4, 0.5) is 0 Å². The van der Waals surface area contributed by atoms with Gasteiger partial charge in [-0.2, -0.15) is 0 Å². The van der Waals surface area contributed by atoms with Crippen molar-refractivity contribution in [2.75, 3.05) is 32.8 Å². The molecule has 1 aliphatic heterocycles. The summed E-state index contributed by atoms with van der Waals surface area (Å²) < 4.78 is 11.0. The third-order valence-electron chi connectivity index (χ3n) is 4.87. The predicted octanol–water partition coefficient (Wildman–Crippen LogP) is 4.67. The highest BCUT2D eigenvalue weighted by molar-refractivity contribution is 5.85. The Kier molecular flexibility index (Phi) is 10.7. The number of benzene rings is 1. The van der Waals surface area contributed by atoms with Gasteiger partial charge in [-0.05, 0) is 75.9 Å². The quantitative estimate of drug-likeness (QED) is 0.459. The second-order valence-corrected chi connectivity index (χ2v) is 7.15. The lowest BCUT2D eigenvalue weighted by Crippen LogP contribution is -2.37. The van der Waals surface area contributed by atoms with Crippen molar-refractivity contribution in [3.63, 3.8) is 0 Å². The largest absolute Gasteiger partial charge is 0.494 e. The zero-order valence-corrected chi connectivity index (χ0v) is 17.2. The Morgan fingerprint density at radius 1 is 1.23 bits per heavy atom. The number of ether oxygens (including phenoxy) is 2. The molecule has 0 aromatic heterocycles. The smallest absolute Gasteiger partial charge is 0.309 e. The standard InChI is InChI=1S/C21H33NO3.ClH/c1-4-24-21(23)18-10-13-22(14-11-18)12-5-6-15-25-20-9-7-8-19(16-20)17(2)3;/h7-9,16-18H,4-6,10-15H2,1-3H3;1H. The van der Waals surface area contributed by atoms with E-state index in [-0.39, 0.29) is 24.3 Å². The molecule has 0 amide bonds. The summed E-state index contributed by atoms with van der Waals surface area (Å²) in [4.78, 5) is 14.2. The zero-order chi connectivity index (χ0) is 18.1. The molecule has 0 atom stereocenters. The van der Waals surface area contributed by atoms with Crippen LogP contribution in [0.5, 0.6) is 5.75 Å². The molecule has 0 unspecified atom stereocenters. The maximum atomic E-state index is 11.7. The maximum absolute atomic E-state index is 11.7. The van der Waals surface area contributed by atoms with Crippen LogP contribution in [-0.4, -0.2) is 43.7 Å². The van der Waals surface area contributed by atoms with E-state index in [2.05, 4.69) is 36.9 Å². The number of hydrogen-bond acceptors (Lipinski definition) is 4. The molecule has 1 saturated heterocycles. The van der Waals surface area contributed by atoms with Crippen molar-refractivity contribution in [1.82, 2.24) is 4.90 Å². The van der Waals surface area contributed by atoms with E-state index in [1.165, 1.54) is 5.56 Å². The highest BCUT2D eigenvalue weighted by Crippen LogP contribution is 2.21. The number of piperidine rings is 1. The average Bonchev–Trinajstić information content (AvgIpc) is 2.62. The number of likely N-dealkylation sites (tertiary alicyclic amines) is 1. The molecule has 0 N–H and O–H groups in total. The van der Waals surface area contributed by atoms with Crippen LogP contribution in [0.1, 0.15) is 57.9 Å². The average molecular weight is 384 g/mol. The number of halogens is 1. The Bertz CT molecular complexity index is 528. The third kappa shape index (κ3) is 7.55. The van der Waals surface area contributed by atoms with Gasteiger partial charge in [0.25, 0.3) is 0 Å². The van der Waals surface area contributed by atoms with Gasteiger partial charge in [0.2, 0.25) is 0 Å². The fourth-order valence-electron chi connectivity index (χ4n) is 3.24. The molecular weight excluding hydrogens is 350 g/mol. The lowest BCUT2D eigenvalue weighted by Gasteiger charge is -2.30. The molecule has 26 heavy (non-hydrogen) atoms. The molecule has 148 valence electrons. The molecule has 0 aliphatic carbocycles. The van der Waals surface area contributed by atoms with Crippen molar-refractivity contribution < 1.29 is 14.3 Å². The topological polar surface area (TPSA) is 38.8 Å². The molecule has 4 nitrogen and oxygen atoms in total. The molecule has 2 rings (SSSR count). The van der Waals surface area contributed by atoms with Crippen LogP contribution in [0.15, 0.2) is 24.3 Å². The summed E-state index contributed by atoms with van der Waals surface area (Å²) in [6.45, 7) is 10.6. The number of carbonyl (C=O) groups is 1. The first kappa shape index (κ1) is 22.8. The summed E-state index contributed by atoms with van der Waals surface area (Å²) in [5, 5.41) is 0. The Hall–Kier alpha value is -1.26. The molecule has 1 aliphatic rings. The van der Waals surface area contributed by atoms with Gasteiger partial charge in [0.05, 0.1) is 19.1 Å². The fraction of sp³-hybridized carbons (Fsp3) is 0.667. The van der Waals surface area contributed by atoms with Crippen LogP contribution >= 0.6 is 12.4 Å². The van der Waals surface area contributed by atoms with E-state index in [0.29, 0.717) is 12.5 Å². The van der Waals surface area contributed by atoms with E-state index in [1.54, 1.807) is 0 Å². The molecule has 0 saturated carbocycles. The summed E-state index contributed by atoms with van der Waals surface area (Å²) >= 11 is 0. The van der Waals surface area contributed by atoms with E-state index < -0.39 is 0 Å². The molecule has 1 heterocycles. The normalized spacial score (nSPS) is 15.5. The van der Waals surface area contributed by atoms with Gasteiger partial charge >= 0.3 is 5.97 Å². The second-order valence-electron chi connectivity index (χ2n) is 7.15. The Morgan fingerprint density at radius 3 is 2.62 bits per heavy atom. The second kappa shape index (κ2) is 12.2. The molecule has 1 fully saturated rings. The zero-order valence-electron chi connectivity index (χ0n) is 16.4. The van der Waals surface area contributed by atoms with E-state index >= 15 is 0 Å². The molecule has 5 heteroatoms. The lowest BCUT2D eigenvalue weighted by atomic mass is 9.97. The molecular formula is C21H34ClNO3. The van der Waals surface area contributed by atoms with Gasteiger partial charge in [0.15, 0.2) is 0 Å². The van der Waals surface area contributed by atoms with E-state index in [1.807, 2.05) is 13.0 Å². The van der Waals surface area contributed by atoms with Gasteiger partial charge in [-0.3, -0.25) is 4.79 Å². The Morgan fingerprint density at radius 2 is 1.96 bits per heavy atom. The molecule has 0 radical (unpaired) electrons. The van der Waals surface area contributed by atoms with Crippen LogP contribution in [0.2, 0.25) is 0 Å². The monoisotopic (exact) mass is 383 g/mol. The van der Waals surface area contributed by atoms with E-state index in [4.69, 9.17) is 9.47 Å². The SMILES string of the molecule is CCOC(=O)C1CCN(CCCCOc2cccc(C(C)C)c2)CC1.Cl. The summed E-state index contributed by atoms with van der Waals surface area (Å²) in [7, 11) is 0.